The third kappa shape index (κ3) is 4.79. The van der Waals surface area contributed by atoms with Crippen LogP contribution in [0.15, 0.2) is 23.1 Å². The van der Waals surface area contributed by atoms with E-state index in [9.17, 15) is 17.6 Å². The molecule has 8 heteroatoms. The number of hydrogen-bond acceptors (Lipinski definition) is 4. The number of nitrogens with zero attached hydrogens (tertiary/aromatic N) is 1. The van der Waals surface area contributed by atoms with Crippen LogP contribution >= 0.6 is 0 Å². The second-order valence-corrected chi connectivity index (χ2v) is 9.70. The molecule has 0 unspecified atom stereocenters. The van der Waals surface area contributed by atoms with E-state index in [0.29, 0.717) is 43.0 Å². The van der Waals surface area contributed by atoms with Crippen molar-refractivity contribution in [3.05, 3.63) is 29.6 Å². The van der Waals surface area contributed by atoms with E-state index < -0.39 is 21.7 Å². The zero-order valence-corrected chi connectivity index (χ0v) is 16.3. The number of sulfone groups is 1. The van der Waals surface area contributed by atoms with E-state index in [4.69, 9.17) is 9.84 Å². The van der Waals surface area contributed by atoms with E-state index in [1.807, 2.05) is 0 Å². The zero-order chi connectivity index (χ0) is 19.6. The minimum Gasteiger partial charge on any atom is -0.465 e. The zero-order valence-electron chi connectivity index (χ0n) is 15.4. The van der Waals surface area contributed by atoms with Gasteiger partial charge >= 0.3 is 6.09 Å². The molecule has 2 atom stereocenters. The van der Waals surface area contributed by atoms with E-state index in [-0.39, 0.29) is 17.3 Å². The summed E-state index contributed by atoms with van der Waals surface area (Å²) in [4.78, 5) is 12.2. The predicted molar refractivity (Wildman–Crippen MR) is 97.7 cm³/mol. The summed E-state index contributed by atoms with van der Waals surface area (Å²) in [6.45, 7) is 3.56. The number of carboxylic acid groups (broad SMARTS) is 1. The highest BCUT2D eigenvalue weighted by Crippen LogP contribution is 2.48. The molecule has 27 heavy (non-hydrogen) atoms. The summed E-state index contributed by atoms with van der Waals surface area (Å²) in [7, 11) is -3.55. The van der Waals surface area contributed by atoms with Gasteiger partial charge in [-0.15, -0.1) is 0 Å². The van der Waals surface area contributed by atoms with Crippen molar-refractivity contribution in [2.24, 2.45) is 17.8 Å². The number of halogens is 1. The highest BCUT2D eigenvalue weighted by molar-refractivity contribution is 7.91. The molecular formula is C19H26FNO5S. The summed E-state index contributed by atoms with van der Waals surface area (Å²) in [6.07, 6.45) is 2.08. The molecular weight excluding hydrogens is 373 g/mol. The molecule has 0 bridgehead atoms. The standard InChI is InChI=1S/C19H26FNO5S/c1-2-27(24,25)18-4-3-13(9-17(18)20)11-26-12-15-10-16(15)14-5-7-21(8-6-14)19(22)23/h3-4,9,14-16H,2,5-8,10-12H2,1H3,(H,22,23)/t15-,16+/m0/s1. The number of rotatable bonds is 7. The van der Waals surface area contributed by atoms with Crippen LogP contribution < -0.4 is 0 Å². The van der Waals surface area contributed by atoms with Crippen molar-refractivity contribution in [2.45, 2.75) is 37.7 Å². The molecule has 1 heterocycles. The van der Waals surface area contributed by atoms with Gasteiger partial charge in [-0.25, -0.2) is 17.6 Å². The Bertz CT molecular complexity index is 789. The second kappa shape index (κ2) is 8.14. The van der Waals surface area contributed by atoms with Crippen LogP contribution in [0.3, 0.4) is 0 Å². The molecule has 1 saturated heterocycles. The first kappa shape index (κ1) is 20.1. The van der Waals surface area contributed by atoms with Crippen LogP contribution in [0.1, 0.15) is 31.7 Å². The Morgan fingerprint density at radius 1 is 1.33 bits per heavy atom. The van der Waals surface area contributed by atoms with Gasteiger partial charge in [-0.1, -0.05) is 13.0 Å². The molecule has 1 aliphatic carbocycles. The van der Waals surface area contributed by atoms with Gasteiger partial charge < -0.3 is 14.7 Å². The number of benzene rings is 1. The van der Waals surface area contributed by atoms with Gasteiger partial charge in [0.05, 0.1) is 19.0 Å². The first-order valence-electron chi connectivity index (χ1n) is 9.38. The van der Waals surface area contributed by atoms with E-state index in [2.05, 4.69) is 0 Å². The summed E-state index contributed by atoms with van der Waals surface area (Å²) < 4.78 is 43.3. The van der Waals surface area contributed by atoms with Crippen LogP contribution in [-0.4, -0.2) is 50.0 Å². The smallest absolute Gasteiger partial charge is 0.407 e. The lowest BCUT2D eigenvalue weighted by atomic mass is 9.91. The third-order valence-electron chi connectivity index (χ3n) is 5.70. The molecule has 0 aromatic heterocycles. The average Bonchev–Trinajstić information content (AvgIpc) is 3.41. The van der Waals surface area contributed by atoms with Crippen molar-refractivity contribution in [3.63, 3.8) is 0 Å². The molecule has 1 saturated carbocycles. The molecule has 1 aromatic carbocycles. The lowest BCUT2D eigenvalue weighted by molar-refractivity contribution is 0.0966. The van der Waals surface area contributed by atoms with Crippen molar-refractivity contribution in [3.8, 4) is 0 Å². The van der Waals surface area contributed by atoms with Crippen LogP contribution in [0.5, 0.6) is 0 Å². The quantitative estimate of drug-likeness (QED) is 0.761. The number of piperidine rings is 1. The molecule has 1 aromatic rings. The third-order valence-corrected chi connectivity index (χ3v) is 7.47. The monoisotopic (exact) mass is 399 g/mol. The van der Waals surface area contributed by atoms with Crippen molar-refractivity contribution < 1.29 is 27.4 Å². The first-order chi connectivity index (χ1) is 12.8. The Hall–Kier alpha value is -1.67. The minimum absolute atomic E-state index is 0.131. The van der Waals surface area contributed by atoms with Gasteiger partial charge in [0.15, 0.2) is 9.84 Å². The Balaban J connectivity index is 1.43. The molecule has 2 fully saturated rings. The fraction of sp³-hybridized carbons (Fsp3) is 0.632. The van der Waals surface area contributed by atoms with Crippen molar-refractivity contribution >= 4 is 15.9 Å². The van der Waals surface area contributed by atoms with Gasteiger partial charge in [0, 0.05) is 13.1 Å². The molecule has 3 rings (SSSR count). The van der Waals surface area contributed by atoms with Crippen LogP contribution in [0.2, 0.25) is 0 Å². The molecule has 2 aliphatic rings. The summed E-state index contributed by atoms with van der Waals surface area (Å²) in [5.41, 5.74) is 0.620. The molecule has 0 radical (unpaired) electrons. The van der Waals surface area contributed by atoms with Gasteiger partial charge in [0.2, 0.25) is 0 Å². The van der Waals surface area contributed by atoms with E-state index in [1.54, 1.807) is 6.07 Å². The summed E-state index contributed by atoms with van der Waals surface area (Å²) in [5, 5.41) is 9.00. The normalized spacial score (nSPS) is 23.4. The molecule has 6 nitrogen and oxygen atoms in total. The fourth-order valence-corrected chi connectivity index (χ4v) is 4.87. The topological polar surface area (TPSA) is 83.9 Å². The van der Waals surface area contributed by atoms with Gasteiger partial charge in [-0.05, 0) is 54.7 Å². The van der Waals surface area contributed by atoms with E-state index in [0.717, 1.165) is 19.3 Å². The van der Waals surface area contributed by atoms with Crippen LogP contribution in [0, 0.1) is 23.6 Å². The first-order valence-corrected chi connectivity index (χ1v) is 11.0. The highest BCUT2D eigenvalue weighted by Gasteiger charge is 2.43. The lowest BCUT2D eigenvalue weighted by Crippen LogP contribution is -2.38. The molecule has 150 valence electrons. The second-order valence-electron chi connectivity index (χ2n) is 7.45. The Morgan fingerprint density at radius 2 is 2.04 bits per heavy atom. The van der Waals surface area contributed by atoms with E-state index in [1.165, 1.54) is 24.0 Å². The maximum Gasteiger partial charge on any atom is 0.407 e. The lowest BCUT2D eigenvalue weighted by Gasteiger charge is -2.30. The SMILES string of the molecule is CCS(=O)(=O)c1ccc(COC[C@@H]2C[C@@H]2C2CCN(C(=O)O)CC2)cc1F. The Labute approximate surface area is 159 Å². The molecule has 1 N–H and O–H groups in total. The summed E-state index contributed by atoms with van der Waals surface area (Å²) in [6, 6.07) is 4.13. The van der Waals surface area contributed by atoms with Crippen molar-refractivity contribution in [2.75, 3.05) is 25.4 Å². The van der Waals surface area contributed by atoms with Crippen LogP contribution in [0.4, 0.5) is 9.18 Å². The summed E-state index contributed by atoms with van der Waals surface area (Å²) in [5.74, 6) is 0.775. The number of hydrogen-bond donors (Lipinski definition) is 1. The van der Waals surface area contributed by atoms with Crippen LogP contribution in [0.25, 0.3) is 0 Å². The number of carbonyl (C=O) groups is 1. The molecule has 1 amide bonds. The molecule has 0 spiro atoms. The van der Waals surface area contributed by atoms with Gasteiger partial charge in [0.25, 0.3) is 0 Å². The summed E-state index contributed by atoms with van der Waals surface area (Å²) >= 11 is 0. The van der Waals surface area contributed by atoms with Crippen molar-refractivity contribution in [1.82, 2.24) is 4.90 Å². The largest absolute Gasteiger partial charge is 0.465 e. The fourth-order valence-electron chi connectivity index (χ4n) is 3.93. The average molecular weight is 399 g/mol. The van der Waals surface area contributed by atoms with Gasteiger partial charge in [-0.2, -0.15) is 0 Å². The maximum absolute atomic E-state index is 14.0. The predicted octanol–water partition coefficient (Wildman–Crippen LogP) is 3.16. The van der Waals surface area contributed by atoms with Gasteiger partial charge in [0.1, 0.15) is 10.7 Å². The van der Waals surface area contributed by atoms with E-state index >= 15 is 0 Å². The van der Waals surface area contributed by atoms with Gasteiger partial charge in [-0.3, -0.25) is 0 Å². The highest BCUT2D eigenvalue weighted by atomic mass is 32.2. The number of amides is 1. The Morgan fingerprint density at radius 3 is 2.63 bits per heavy atom. The number of likely N-dealkylation sites (tertiary alicyclic amines) is 1. The minimum atomic E-state index is -3.55. The molecule has 1 aliphatic heterocycles. The van der Waals surface area contributed by atoms with Crippen molar-refractivity contribution in [1.29, 1.82) is 0 Å². The number of ether oxygens (including phenoxy) is 1. The van der Waals surface area contributed by atoms with Crippen LogP contribution in [-0.2, 0) is 21.2 Å². The Kier molecular flexibility index (Phi) is 6.05. The maximum atomic E-state index is 14.0.